The van der Waals surface area contributed by atoms with Gasteiger partial charge in [-0.3, -0.25) is 10.3 Å². The van der Waals surface area contributed by atoms with Crippen molar-refractivity contribution in [1.82, 2.24) is 25.2 Å². The summed E-state index contributed by atoms with van der Waals surface area (Å²) in [6.07, 6.45) is 4.19. The number of sulfonamides is 1. The van der Waals surface area contributed by atoms with Crippen LogP contribution >= 0.6 is 46.4 Å². The molecule has 0 fully saturated rings. The van der Waals surface area contributed by atoms with Crippen LogP contribution in [0.5, 0.6) is 0 Å². The molecule has 0 saturated heterocycles. The van der Waals surface area contributed by atoms with Crippen molar-refractivity contribution >= 4 is 90.0 Å². The zero-order valence-corrected chi connectivity index (χ0v) is 49.9. The molecule has 19 nitrogen and oxygen atoms in total. The fourth-order valence-corrected chi connectivity index (χ4v) is 13.1. The summed E-state index contributed by atoms with van der Waals surface area (Å²) in [5.74, 6) is -0.0392. The maximum Gasteiger partial charge on any atom is 0.338 e. The van der Waals surface area contributed by atoms with E-state index in [-0.39, 0.29) is 79.5 Å². The Kier molecular flexibility index (Phi) is 26.2. The van der Waals surface area contributed by atoms with Crippen LogP contribution in [0.2, 0.25) is 20.1 Å². The molecule has 0 radical (unpaired) electrons. The first-order valence-electron chi connectivity index (χ1n) is 26.6. The van der Waals surface area contributed by atoms with Gasteiger partial charge in [0, 0.05) is 96.7 Å². The lowest BCUT2D eigenvalue weighted by atomic mass is 9.85. The lowest BCUT2D eigenvalue weighted by Gasteiger charge is -2.33. The number of unbranched alkanes of at least 4 members (excludes halogenated alkanes) is 2. The Balaban J connectivity index is 0.784. The van der Waals surface area contributed by atoms with Crippen LogP contribution in [0.25, 0.3) is 0 Å². The van der Waals surface area contributed by atoms with E-state index in [1.54, 1.807) is 48.5 Å². The van der Waals surface area contributed by atoms with Gasteiger partial charge in [-0.2, -0.15) is 0 Å². The SMILES string of the molecule is CN1Cc2c(Cl)cc(Cl)cc2[C@H](c2cccc(S(=O)(=O)CCCOCCOCCNC(=NCCCCCC(CCCOCCOCCNS(=O)(=O)c3cccc([C@@H]4CN(C)Cc5c(Cl)cc(Cl)cc54)c3)=NC(N)=O)NC(N)=O)c2)C1. The van der Waals surface area contributed by atoms with Gasteiger partial charge >= 0.3 is 12.1 Å². The summed E-state index contributed by atoms with van der Waals surface area (Å²) in [5.41, 5.74) is 17.1. The van der Waals surface area contributed by atoms with Crippen LogP contribution in [0.1, 0.15) is 90.2 Å². The standard InChI is InChI=1S/C55H73Cl4N9O10S2/c1-67-34-47(45-30-40(56)32-51(58)49(45)36-67)38-10-6-14-43(28-38)79(71,72)27-9-20-76-24-25-77-21-17-63-55(66-54(61)70)62-16-5-3-4-12-42(65-53(60)69)13-8-19-75-23-26-78-22-18-64-80(73,74)44-15-7-11-39(29-44)48-35-68(2)37-50-46(48)31-41(57)33-52(50)59/h6-7,10-11,14-15,28-33,47-48,64H,3-5,8-9,12-13,16-27,34-37H2,1-2H3,(H2,60,69)(H4,61,62,63,66,70)/t47-,48-/m0/s1. The number of guanidine groups is 1. The maximum atomic E-state index is 13.3. The number of hydrogen-bond acceptors (Lipinski definition) is 13. The van der Waals surface area contributed by atoms with Gasteiger partial charge in [0.05, 0.1) is 55.2 Å². The van der Waals surface area contributed by atoms with Crippen molar-refractivity contribution in [2.75, 3.05) is 105 Å². The molecular weight excluding hydrogens is 1150 g/mol. The fourth-order valence-electron chi connectivity index (χ4n) is 9.61. The number of amides is 4. The van der Waals surface area contributed by atoms with E-state index in [0.717, 1.165) is 46.2 Å². The number of hydrogen-bond donors (Lipinski definition) is 5. The molecule has 0 unspecified atom stereocenters. The lowest BCUT2D eigenvalue weighted by molar-refractivity contribution is 0.0495. The molecule has 0 spiro atoms. The Morgan fingerprint density at radius 2 is 1.16 bits per heavy atom. The summed E-state index contributed by atoms with van der Waals surface area (Å²) in [4.78, 5) is 36.4. The van der Waals surface area contributed by atoms with Crippen LogP contribution in [-0.2, 0) is 51.9 Å². The highest BCUT2D eigenvalue weighted by Gasteiger charge is 2.30. The lowest BCUT2D eigenvalue weighted by Crippen LogP contribution is -2.44. The number of primary amides is 2. The minimum absolute atomic E-state index is 0.0703. The van der Waals surface area contributed by atoms with Gasteiger partial charge in [0.15, 0.2) is 15.8 Å². The van der Waals surface area contributed by atoms with Gasteiger partial charge in [-0.15, -0.1) is 0 Å². The van der Waals surface area contributed by atoms with Crippen molar-refractivity contribution in [2.24, 2.45) is 21.5 Å². The van der Waals surface area contributed by atoms with E-state index in [1.807, 2.05) is 38.4 Å². The summed E-state index contributed by atoms with van der Waals surface area (Å²) >= 11 is 25.8. The molecule has 2 aliphatic heterocycles. The molecule has 0 bridgehead atoms. The first-order chi connectivity index (χ1) is 38.3. The number of nitrogens with two attached hydrogens (primary N) is 2. The molecule has 2 atom stereocenters. The molecular formula is C55H73Cl4N9O10S2. The highest BCUT2D eigenvalue weighted by atomic mass is 35.5. The first kappa shape index (κ1) is 64.7. The van der Waals surface area contributed by atoms with Gasteiger partial charge in [0.25, 0.3) is 0 Å². The summed E-state index contributed by atoms with van der Waals surface area (Å²) in [6.45, 7) is 5.72. The van der Waals surface area contributed by atoms with Gasteiger partial charge in [-0.05, 0) is 135 Å². The fraction of sp³-hybridized carbons (Fsp3) is 0.491. The van der Waals surface area contributed by atoms with Crippen LogP contribution in [0.15, 0.2) is 92.6 Å². The normalized spacial score (nSPS) is 16.3. The number of halogens is 4. The Morgan fingerprint density at radius 3 is 1.74 bits per heavy atom. The molecule has 4 amide bonds. The number of likely N-dealkylation sites (N-methyl/N-ethyl adjacent to an activating group) is 2. The van der Waals surface area contributed by atoms with Gasteiger partial charge in [-0.1, -0.05) is 77.1 Å². The molecule has 7 N–H and O–H groups in total. The molecule has 0 saturated carbocycles. The van der Waals surface area contributed by atoms with Crippen molar-refractivity contribution < 1.29 is 45.4 Å². The quantitative estimate of drug-likeness (QED) is 0.0181. The summed E-state index contributed by atoms with van der Waals surface area (Å²) in [7, 11) is -3.37. The number of nitrogens with one attached hydrogen (secondary N) is 3. The van der Waals surface area contributed by atoms with Crippen molar-refractivity contribution in [1.29, 1.82) is 0 Å². The molecule has 438 valence electrons. The predicted molar refractivity (Wildman–Crippen MR) is 315 cm³/mol. The second-order valence-electron chi connectivity index (χ2n) is 19.7. The Bertz CT molecular complexity index is 3010. The molecule has 4 aromatic carbocycles. The average Bonchev–Trinajstić information content (AvgIpc) is 3.42. The van der Waals surface area contributed by atoms with E-state index in [1.165, 1.54) is 0 Å². The number of sulfone groups is 1. The maximum absolute atomic E-state index is 13.3. The van der Waals surface area contributed by atoms with E-state index in [0.29, 0.717) is 110 Å². The molecule has 25 heteroatoms. The van der Waals surface area contributed by atoms with Gasteiger partial charge < -0.3 is 45.5 Å². The van der Waals surface area contributed by atoms with E-state index in [9.17, 15) is 26.4 Å². The smallest absolute Gasteiger partial charge is 0.338 e. The van der Waals surface area contributed by atoms with E-state index in [4.69, 9.17) is 76.8 Å². The van der Waals surface area contributed by atoms with Crippen LogP contribution < -0.4 is 26.8 Å². The molecule has 0 aromatic heterocycles. The Hall–Kier alpha value is -4.46. The number of carbonyl (C=O) groups is 2. The van der Waals surface area contributed by atoms with Crippen LogP contribution in [-0.4, -0.2) is 156 Å². The zero-order valence-electron chi connectivity index (χ0n) is 45.2. The molecule has 2 aliphatic rings. The molecule has 0 aliphatic carbocycles. The largest absolute Gasteiger partial charge is 0.379 e. The van der Waals surface area contributed by atoms with Gasteiger partial charge in [0.2, 0.25) is 10.0 Å². The minimum Gasteiger partial charge on any atom is -0.379 e. The van der Waals surface area contributed by atoms with E-state index < -0.39 is 31.9 Å². The molecule has 80 heavy (non-hydrogen) atoms. The number of benzene rings is 4. The minimum atomic E-state index is -3.81. The monoisotopic (exact) mass is 1220 g/mol. The van der Waals surface area contributed by atoms with Gasteiger partial charge in [0.1, 0.15) is 0 Å². The summed E-state index contributed by atoms with van der Waals surface area (Å²) < 4.78 is 78.3. The van der Waals surface area contributed by atoms with Crippen LogP contribution in [0.3, 0.4) is 0 Å². The summed E-state index contributed by atoms with van der Waals surface area (Å²) in [5, 5.41) is 7.76. The summed E-state index contributed by atoms with van der Waals surface area (Å²) in [6, 6.07) is 19.7. The second-order valence-corrected chi connectivity index (χ2v) is 25.2. The third kappa shape index (κ3) is 20.8. The van der Waals surface area contributed by atoms with E-state index in [2.05, 4.69) is 35.1 Å². The predicted octanol–water partition coefficient (Wildman–Crippen LogP) is 8.14. The highest BCUT2D eigenvalue weighted by molar-refractivity contribution is 7.91. The number of nitrogens with zero attached hydrogens (tertiary/aromatic N) is 4. The second kappa shape index (κ2) is 32.4. The Morgan fingerprint density at radius 1 is 0.637 bits per heavy atom. The van der Waals surface area contributed by atoms with Gasteiger partial charge in [-0.25, -0.2) is 36.1 Å². The van der Waals surface area contributed by atoms with Crippen LogP contribution in [0.4, 0.5) is 9.59 Å². The first-order valence-corrected chi connectivity index (χ1v) is 31.2. The number of fused-ring (bicyclic) bond motifs is 2. The van der Waals surface area contributed by atoms with E-state index >= 15 is 0 Å². The Labute approximate surface area is 490 Å². The molecule has 6 rings (SSSR count). The number of ether oxygens (including phenoxy) is 4. The molecule has 2 heterocycles. The number of urea groups is 2. The third-order valence-corrected chi connectivity index (χ3v) is 17.7. The number of aliphatic imine (C=N–C) groups is 2. The van der Waals surface area contributed by atoms with Crippen molar-refractivity contribution in [3.05, 3.63) is 126 Å². The third-order valence-electron chi connectivity index (χ3n) is 13.4. The topological polar surface area (TPSA) is 259 Å². The van der Waals surface area contributed by atoms with Crippen molar-refractivity contribution in [2.45, 2.75) is 79.7 Å². The zero-order chi connectivity index (χ0) is 57.7. The van der Waals surface area contributed by atoms with Crippen molar-refractivity contribution in [3.63, 3.8) is 0 Å². The number of rotatable bonds is 31. The average molecular weight is 1230 g/mol. The van der Waals surface area contributed by atoms with Crippen molar-refractivity contribution in [3.8, 4) is 0 Å². The highest BCUT2D eigenvalue weighted by Crippen LogP contribution is 2.40. The molecule has 4 aromatic rings. The number of carbonyl (C=O) groups excluding carboxylic acids is 2. The van der Waals surface area contributed by atoms with Crippen LogP contribution in [0, 0.1) is 0 Å².